The summed E-state index contributed by atoms with van der Waals surface area (Å²) in [6.45, 7) is 4.38. The monoisotopic (exact) mass is 297 g/mol. The Morgan fingerprint density at radius 1 is 1.09 bits per heavy atom. The maximum atomic E-state index is 12.8. The fourth-order valence-corrected chi connectivity index (χ4v) is 2.13. The summed E-state index contributed by atoms with van der Waals surface area (Å²) in [5.74, 6) is 0.0655. The van der Waals surface area contributed by atoms with Crippen molar-refractivity contribution in [1.29, 1.82) is 0 Å². The molecule has 22 heavy (non-hydrogen) atoms. The maximum Gasteiger partial charge on any atom is 0.248 e. The lowest BCUT2D eigenvalue weighted by Gasteiger charge is -2.05. The standard InChI is InChI=1S/C19H20FNO/c1-14(2)13-16-5-3-15(4-6-16)7-12-19(22)21-18-10-8-17(20)9-11-18/h3-12,14H,13H2,1-2H3,(H,21,22). The average Bonchev–Trinajstić information content (AvgIpc) is 2.48. The number of carbonyl (C=O) groups is 1. The predicted molar refractivity (Wildman–Crippen MR) is 89.0 cm³/mol. The molecular weight excluding hydrogens is 277 g/mol. The van der Waals surface area contributed by atoms with Gasteiger partial charge in [-0.05, 0) is 53.8 Å². The second-order valence-corrected chi connectivity index (χ2v) is 5.67. The molecule has 0 atom stereocenters. The molecular formula is C19H20FNO. The van der Waals surface area contributed by atoms with Gasteiger partial charge in [-0.2, -0.15) is 0 Å². The van der Waals surface area contributed by atoms with Crippen LogP contribution < -0.4 is 5.32 Å². The zero-order valence-electron chi connectivity index (χ0n) is 12.8. The van der Waals surface area contributed by atoms with E-state index in [2.05, 4.69) is 31.3 Å². The summed E-state index contributed by atoms with van der Waals surface area (Å²) < 4.78 is 12.8. The minimum absolute atomic E-state index is 0.238. The van der Waals surface area contributed by atoms with E-state index >= 15 is 0 Å². The van der Waals surface area contributed by atoms with Gasteiger partial charge in [-0.1, -0.05) is 38.1 Å². The van der Waals surface area contributed by atoms with Gasteiger partial charge in [-0.3, -0.25) is 4.79 Å². The van der Waals surface area contributed by atoms with Gasteiger partial charge in [0.25, 0.3) is 0 Å². The first-order valence-corrected chi connectivity index (χ1v) is 7.36. The number of halogens is 1. The van der Waals surface area contributed by atoms with Crippen molar-refractivity contribution in [3.8, 4) is 0 Å². The van der Waals surface area contributed by atoms with Crippen molar-refractivity contribution in [3.05, 3.63) is 71.6 Å². The van der Waals surface area contributed by atoms with Crippen LogP contribution in [-0.4, -0.2) is 5.91 Å². The van der Waals surface area contributed by atoms with E-state index in [1.54, 1.807) is 6.08 Å². The second-order valence-electron chi connectivity index (χ2n) is 5.67. The van der Waals surface area contributed by atoms with Crippen LogP contribution in [0.3, 0.4) is 0 Å². The van der Waals surface area contributed by atoms with Gasteiger partial charge in [0, 0.05) is 11.8 Å². The van der Waals surface area contributed by atoms with E-state index in [4.69, 9.17) is 0 Å². The number of hydrogen-bond acceptors (Lipinski definition) is 1. The largest absolute Gasteiger partial charge is 0.323 e. The molecule has 2 rings (SSSR count). The minimum atomic E-state index is -0.324. The summed E-state index contributed by atoms with van der Waals surface area (Å²) in [4.78, 5) is 11.8. The number of benzene rings is 2. The predicted octanol–water partition coefficient (Wildman–Crippen LogP) is 4.68. The first kappa shape index (κ1) is 16.0. The van der Waals surface area contributed by atoms with Crippen LogP contribution in [0.15, 0.2) is 54.6 Å². The molecule has 0 aromatic heterocycles. The fourth-order valence-electron chi connectivity index (χ4n) is 2.13. The van der Waals surface area contributed by atoms with E-state index in [1.165, 1.54) is 35.9 Å². The third-order valence-corrected chi connectivity index (χ3v) is 3.16. The molecule has 2 nitrogen and oxygen atoms in total. The summed E-state index contributed by atoms with van der Waals surface area (Å²) in [6.07, 6.45) is 4.29. The lowest BCUT2D eigenvalue weighted by Crippen LogP contribution is -2.07. The highest BCUT2D eigenvalue weighted by atomic mass is 19.1. The average molecular weight is 297 g/mol. The molecule has 114 valence electrons. The van der Waals surface area contributed by atoms with E-state index < -0.39 is 0 Å². The molecule has 3 heteroatoms. The fraction of sp³-hybridized carbons (Fsp3) is 0.211. The van der Waals surface area contributed by atoms with Crippen LogP contribution in [-0.2, 0) is 11.2 Å². The summed E-state index contributed by atoms with van der Waals surface area (Å²) in [5.41, 5.74) is 2.84. The molecule has 0 saturated carbocycles. The van der Waals surface area contributed by atoms with Crippen LogP contribution in [0.2, 0.25) is 0 Å². The Bertz CT molecular complexity index is 642. The van der Waals surface area contributed by atoms with Crippen LogP contribution >= 0.6 is 0 Å². The van der Waals surface area contributed by atoms with Crippen LogP contribution in [0, 0.1) is 11.7 Å². The van der Waals surface area contributed by atoms with Gasteiger partial charge in [0.2, 0.25) is 5.91 Å². The zero-order chi connectivity index (χ0) is 15.9. The lowest BCUT2D eigenvalue weighted by molar-refractivity contribution is -0.111. The van der Waals surface area contributed by atoms with Gasteiger partial charge in [0.05, 0.1) is 0 Å². The third-order valence-electron chi connectivity index (χ3n) is 3.16. The minimum Gasteiger partial charge on any atom is -0.323 e. The van der Waals surface area contributed by atoms with Crippen LogP contribution in [0.5, 0.6) is 0 Å². The smallest absolute Gasteiger partial charge is 0.248 e. The normalized spacial score (nSPS) is 11.1. The van der Waals surface area contributed by atoms with Gasteiger partial charge < -0.3 is 5.32 Å². The van der Waals surface area contributed by atoms with E-state index in [0.29, 0.717) is 11.6 Å². The van der Waals surface area contributed by atoms with Crippen molar-refractivity contribution >= 4 is 17.7 Å². The Labute approximate surface area is 130 Å². The van der Waals surface area contributed by atoms with Crippen LogP contribution in [0.25, 0.3) is 6.08 Å². The molecule has 2 aromatic carbocycles. The Balaban J connectivity index is 1.93. The van der Waals surface area contributed by atoms with E-state index in [0.717, 1.165) is 12.0 Å². The molecule has 0 aliphatic heterocycles. The highest BCUT2D eigenvalue weighted by Gasteiger charge is 1.99. The molecule has 0 bridgehead atoms. The number of carbonyl (C=O) groups excluding carboxylic acids is 1. The van der Waals surface area contributed by atoms with Gasteiger partial charge in [0.15, 0.2) is 0 Å². The number of amides is 1. The second kappa shape index (κ2) is 7.55. The Morgan fingerprint density at radius 3 is 2.32 bits per heavy atom. The van der Waals surface area contributed by atoms with Crippen molar-refractivity contribution in [2.24, 2.45) is 5.92 Å². The van der Waals surface area contributed by atoms with Crippen molar-refractivity contribution < 1.29 is 9.18 Å². The van der Waals surface area contributed by atoms with Crippen molar-refractivity contribution in [1.82, 2.24) is 0 Å². The van der Waals surface area contributed by atoms with Crippen LogP contribution in [0.4, 0.5) is 10.1 Å². The first-order valence-electron chi connectivity index (χ1n) is 7.36. The summed E-state index contributed by atoms with van der Waals surface area (Å²) in [6, 6.07) is 13.8. The summed E-state index contributed by atoms with van der Waals surface area (Å²) in [5, 5.41) is 2.68. The molecule has 1 N–H and O–H groups in total. The van der Waals surface area contributed by atoms with Crippen molar-refractivity contribution in [2.75, 3.05) is 5.32 Å². The molecule has 0 aliphatic carbocycles. The first-order chi connectivity index (χ1) is 10.5. The highest BCUT2D eigenvalue weighted by molar-refractivity contribution is 6.01. The van der Waals surface area contributed by atoms with E-state index in [9.17, 15) is 9.18 Å². The summed E-state index contributed by atoms with van der Waals surface area (Å²) >= 11 is 0. The molecule has 0 radical (unpaired) electrons. The number of anilines is 1. The Kier molecular flexibility index (Phi) is 5.48. The van der Waals surface area contributed by atoms with Crippen molar-refractivity contribution in [2.45, 2.75) is 20.3 Å². The van der Waals surface area contributed by atoms with Gasteiger partial charge in [-0.15, -0.1) is 0 Å². The third kappa shape index (κ3) is 5.17. The molecule has 0 spiro atoms. The lowest BCUT2D eigenvalue weighted by atomic mass is 10.0. The highest BCUT2D eigenvalue weighted by Crippen LogP contribution is 2.11. The quantitative estimate of drug-likeness (QED) is 0.798. The summed E-state index contributed by atoms with van der Waals surface area (Å²) in [7, 11) is 0. The number of nitrogens with one attached hydrogen (secondary N) is 1. The Morgan fingerprint density at radius 2 is 1.73 bits per heavy atom. The maximum absolute atomic E-state index is 12.8. The molecule has 2 aromatic rings. The molecule has 0 unspecified atom stereocenters. The van der Waals surface area contributed by atoms with E-state index in [1.807, 2.05) is 12.1 Å². The molecule has 0 saturated heterocycles. The molecule has 0 fully saturated rings. The molecule has 1 amide bonds. The number of hydrogen-bond donors (Lipinski definition) is 1. The topological polar surface area (TPSA) is 29.1 Å². The molecule has 0 heterocycles. The van der Waals surface area contributed by atoms with Crippen molar-refractivity contribution in [3.63, 3.8) is 0 Å². The van der Waals surface area contributed by atoms with Gasteiger partial charge >= 0.3 is 0 Å². The SMILES string of the molecule is CC(C)Cc1ccc(C=CC(=O)Nc2ccc(F)cc2)cc1. The van der Waals surface area contributed by atoms with Crippen LogP contribution in [0.1, 0.15) is 25.0 Å². The van der Waals surface area contributed by atoms with E-state index in [-0.39, 0.29) is 11.7 Å². The number of rotatable bonds is 5. The van der Waals surface area contributed by atoms with Gasteiger partial charge in [0.1, 0.15) is 5.82 Å². The van der Waals surface area contributed by atoms with Gasteiger partial charge in [-0.25, -0.2) is 4.39 Å². The zero-order valence-corrected chi connectivity index (χ0v) is 12.8. The Hall–Kier alpha value is -2.42. The molecule has 0 aliphatic rings.